The third-order valence-electron chi connectivity index (χ3n) is 4.86. The van der Waals surface area contributed by atoms with Gasteiger partial charge in [-0.1, -0.05) is 55.3 Å². The first-order chi connectivity index (χ1) is 15.4. The van der Waals surface area contributed by atoms with Crippen LogP contribution in [0.1, 0.15) is 20.3 Å². The minimum atomic E-state index is -0.732. The molecular formula is C22H24ClN5O2S2. The first-order valence-electron chi connectivity index (χ1n) is 10.0. The Hall–Kier alpha value is -2.62. The van der Waals surface area contributed by atoms with Crippen molar-refractivity contribution >= 4 is 57.5 Å². The number of carbonyl (C=O) groups is 2. The van der Waals surface area contributed by atoms with Gasteiger partial charge in [0.05, 0.1) is 0 Å². The number of benzene rings is 2. The Labute approximate surface area is 200 Å². The average Bonchev–Trinajstić information content (AvgIpc) is 3.26. The topological polar surface area (TPSA) is 96.0 Å². The van der Waals surface area contributed by atoms with E-state index in [-0.39, 0.29) is 11.8 Å². The zero-order valence-electron chi connectivity index (χ0n) is 17.9. The van der Waals surface area contributed by atoms with E-state index in [0.717, 1.165) is 10.5 Å². The van der Waals surface area contributed by atoms with Gasteiger partial charge in [0.25, 0.3) is 0 Å². The van der Waals surface area contributed by atoms with Crippen molar-refractivity contribution in [1.29, 1.82) is 0 Å². The molecule has 168 valence electrons. The molecule has 1 aromatic heterocycles. The molecule has 0 saturated heterocycles. The molecule has 7 nitrogen and oxygen atoms in total. The van der Waals surface area contributed by atoms with Crippen molar-refractivity contribution in [3.63, 3.8) is 0 Å². The van der Waals surface area contributed by atoms with Gasteiger partial charge in [-0.05, 0) is 48.6 Å². The normalized spacial score (nSPS) is 12.6. The highest BCUT2D eigenvalue weighted by molar-refractivity contribution is 7.98. The summed E-state index contributed by atoms with van der Waals surface area (Å²) in [6.07, 6.45) is 2.70. The molecule has 0 bridgehead atoms. The Morgan fingerprint density at radius 2 is 1.88 bits per heavy atom. The Morgan fingerprint density at radius 3 is 2.53 bits per heavy atom. The van der Waals surface area contributed by atoms with Crippen molar-refractivity contribution in [2.45, 2.75) is 31.2 Å². The molecule has 3 rings (SSSR count). The first-order valence-corrected chi connectivity index (χ1v) is 12.4. The smallest absolute Gasteiger partial charge is 0.319 e. The van der Waals surface area contributed by atoms with Gasteiger partial charge in [-0.25, -0.2) is 4.79 Å². The van der Waals surface area contributed by atoms with Crippen LogP contribution in [0.2, 0.25) is 5.02 Å². The van der Waals surface area contributed by atoms with Crippen molar-refractivity contribution in [2.75, 3.05) is 16.9 Å². The zero-order valence-corrected chi connectivity index (χ0v) is 20.3. The maximum absolute atomic E-state index is 12.9. The van der Waals surface area contributed by atoms with Gasteiger partial charge in [-0.2, -0.15) is 0 Å². The number of carbonyl (C=O) groups excluding carboxylic acids is 2. The Bertz CT molecular complexity index is 1070. The molecule has 0 aliphatic carbocycles. The fourth-order valence-corrected chi connectivity index (χ4v) is 4.22. The predicted octanol–water partition coefficient (Wildman–Crippen LogP) is 5.76. The molecule has 0 fully saturated rings. The second kappa shape index (κ2) is 11.3. The highest BCUT2D eigenvalue weighted by atomic mass is 35.5. The fraction of sp³-hybridized carbons (Fsp3) is 0.273. The molecular weight excluding hydrogens is 466 g/mol. The molecule has 3 N–H and O–H groups in total. The number of aromatic nitrogens is 2. The van der Waals surface area contributed by atoms with Gasteiger partial charge in [0.2, 0.25) is 11.0 Å². The maximum Gasteiger partial charge on any atom is 0.319 e. The molecule has 3 aromatic rings. The number of urea groups is 1. The number of amides is 3. The predicted molar refractivity (Wildman–Crippen MR) is 133 cm³/mol. The molecule has 0 unspecified atom stereocenters. The number of thioether (sulfide) groups is 1. The van der Waals surface area contributed by atoms with Gasteiger partial charge >= 0.3 is 6.03 Å². The lowest BCUT2D eigenvalue weighted by atomic mass is 9.98. The van der Waals surface area contributed by atoms with E-state index < -0.39 is 12.1 Å². The molecule has 3 amide bonds. The van der Waals surface area contributed by atoms with Crippen LogP contribution in [0.25, 0.3) is 10.6 Å². The van der Waals surface area contributed by atoms with Crippen molar-refractivity contribution in [3.05, 3.63) is 53.6 Å². The summed E-state index contributed by atoms with van der Waals surface area (Å²) in [5.74, 6) is -0.430. The molecule has 32 heavy (non-hydrogen) atoms. The van der Waals surface area contributed by atoms with Crippen LogP contribution in [0, 0.1) is 5.92 Å². The summed E-state index contributed by atoms with van der Waals surface area (Å²) >= 11 is 8.90. The van der Waals surface area contributed by atoms with Crippen LogP contribution in [0.15, 0.2) is 53.4 Å². The second-order valence-electron chi connectivity index (χ2n) is 7.10. The van der Waals surface area contributed by atoms with Gasteiger partial charge in [-0.3, -0.25) is 10.1 Å². The molecule has 0 radical (unpaired) electrons. The number of hydrogen-bond donors (Lipinski definition) is 3. The Balaban J connectivity index is 1.66. The number of nitrogens with zero attached hydrogens (tertiary/aromatic N) is 2. The highest BCUT2D eigenvalue weighted by Gasteiger charge is 2.27. The maximum atomic E-state index is 12.9. The van der Waals surface area contributed by atoms with Crippen LogP contribution >= 0.6 is 34.7 Å². The van der Waals surface area contributed by atoms with Crippen LogP contribution in [0.5, 0.6) is 0 Å². The quantitative estimate of drug-likeness (QED) is 0.350. The average molecular weight is 490 g/mol. The van der Waals surface area contributed by atoms with Crippen LogP contribution in [0.4, 0.5) is 15.6 Å². The van der Waals surface area contributed by atoms with E-state index in [1.807, 2.05) is 56.5 Å². The third kappa shape index (κ3) is 6.44. The summed E-state index contributed by atoms with van der Waals surface area (Å²) in [6.45, 7) is 3.88. The summed E-state index contributed by atoms with van der Waals surface area (Å²) in [5, 5.41) is 18.1. The molecule has 0 aliphatic heterocycles. The van der Waals surface area contributed by atoms with E-state index in [4.69, 9.17) is 11.6 Å². The van der Waals surface area contributed by atoms with Gasteiger partial charge in [-0.15, -0.1) is 22.0 Å². The summed E-state index contributed by atoms with van der Waals surface area (Å²) < 4.78 is 0. The van der Waals surface area contributed by atoms with Gasteiger partial charge in [0.1, 0.15) is 11.0 Å². The lowest BCUT2D eigenvalue weighted by Crippen LogP contribution is -2.49. The molecule has 0 aliphatic rings. The lowest BCUT2D eigenvalue weighted by molar-refractivity contribution is -0.119. The third-order valence-corrected chi connectivity index (χ3v) is 6.72. The van der Waals surface area contributed by atoms with E-state index in [1.165, 1.54) is 11.3 Å². The number of nitrogens with one attached hydrogen (secondary N) is 3. The van der Waals surface area contributed by atoms with E-state index in [1.54, 1.807) is 23.9 Å². The first kappa shape index (κ1) is 24.0. The van der Waals surface area contributed by atoms with E-state index >= 15 is 0 Å². The van der Waals surface area contributed by atoms with Crippen LogP contribution in [-0.4, -0.2) is 34.4 Å². The summed E-state index contributed by atoms with van der Waals surface area (Å²) in [4.78, 5) is 26.6. The fourth-order valence-electron chi connectivity index (χ4n) is 2.88. The van der Waals surface area contributed by atoms with E-state index in [2.05, 4.69) is 26.1 Å². The molecule has 0 saturated carbocycles. The van der Waals surface area contributed by atoms with Gasteiger partial charge in [0, 0.05) is 21.2 Å². The SMILES string of the molecule is CC[C@H](C)[C@H](NC(=O)Nc1ccc(SC)cc1)C(=O)Nc1nnc(-c2cccc(Cl)c2)s1. The number of rotatable bonds is 8. The number of anilines is 2. The monoisotopic (exact) mass is 489 g/mol. The summed E-state index contributed by atoms with van der Waals surface area (Å²) in [6, 6.07) is 13.6. The Morgan fingerprint density at radius 1 is 1.12 bits per heavy atom. The molecule has 0 spiro atoms. The minimum absolute atomic E-state index is 0.0834. The number of hydrogen-bond acceptors (Lipinski definition) is 6. The van der Waals surface area contributed by atoms with E-state index in [0.29, 0.717) is 27.3 Å². The van der Waals surface area contributed by atoms with Crippen LogP contribution in [0.3, 0.4) is 0 Å². The largest absolute Gasteiger partial charge is 0.326 e. The number of halogens is 1. The van der Waals surface area contributed by atoms with Crippen molar-refractivity contribution in [1.82, 2.24) is 15.5 Å². The van der Waals surface area contributed by atoms with Crippen molar-refractivity contribution in [3.8, 4) is 10.6 Å². The van der Waals surface area contributed by atoms with Crippen molar-refractivity contribution < 1.29 is 9.59 Å². The lowest BCUT2D eigenvalue weighted by Gasteiger charge is -2.23. The summed E-state index contributed by atoms with van der Waals surface area (Å²) in [5.41, 5.74) is 1.47. The van der Waals surface area contributed by atoms with Gasteiger partial charge < -0.3 is 10.6 Å². The molecule has 1 heterocycles. The van der Waals surface area contributed by atoms with Crippen LogP contribution < -0.4 is 16.0 Å². The second-order valence-corrected chi connectivity index (χ2v) is 9.40. The van der Waals surface area contributed by atoms with Gasteiger partial charge in [0.15, 0.2) is 0 Å². The van der Waals surface area contributed by atoms with E-state index in [9.17, 15) is 9.59 Å². The molecule has 10 heteroatoms. The Kier molecular flexibility index (Phi) is 8.49. The zero-order chi connectivity index (χ0) is 23.1. The highest BCUT2D eigenvalue weighted by Crippen LogP contribution is 2.28. The van der Waals surface area contributed by atoms with Crippen LogP contribution in [-0.2, 0) is 4.79 Å². The molecule has 2 atom stereocenters. The standard InChI is InChI=1S/C22H24ClN5O2S2/c1-4-13(2)18(25-21(30)24-16-8-10-17(31-3)11-9-16)19(29)26-22-28-27-20(32-22)14-6-5-7-15(23)12-14/h5-13,18H,4H2,1-3H3,(H2,24,25,30)(H,26,28,29)/t13-,18-/m0/s1. The minimum Gasteiger partial charge on any atom is -0.326 e. The van der Waals surface area contributed by atoms with Crippen molar-refractivity contribution in [2.24, 2.45) is 5.92 Å². The molecule has 2 aromatic carbocycles. The summed E-state index contributed by atoms with van der Waals surface area (Å²) in [7, 11) is 0.